The van der Waals surface area contributed by atoms with Gasteiger partial charge in [-0.05, 0) is 49.2 Å². The van der Waals surface area contributed by atoms with Gasteiger partial charge in [-0.3, -0.25) is 4.79 Å². The van der Waals surface area contributed by atoms with E-state index in [2.05, 4.69) is 6.07 Å². The van der Waals surface area contributed by atoms with E-state index in [1.54, 1.807) is 15.5 Å². The number of amides is 1. The summed E-state index contributed by atoms with van der Waals surface area (Å²) < 4.78 is 1.79. The molecule has 2 rings (SSSR count). The third-order valence-corrected chi connectivity index (χ3v) is 3.66. The van der Waals surface area contributed by atoms with Crippen LogP contribution in [0.1, 0.15) is 28.0 Å². The fraction of sp³-hybridized carbons (Fsp3) is 0.294. The van der Waals surface area contributed by atoms with Gasteiger partial charge in [0.1, 0.15) is 5.69 Å². The largest absolute Gasteiger partial charge is 0.347 e. The minimum absolute atomic E-state index is 0.0824. The fourth-order valence-electron chi connectivity index (χ4n) is 2.22. The number of nitrogens with zero attached hydrogens (tertiary/aromatic N) is 3. The Morgan fingerprint density at radius 3 is 2.62 bits per heavy atom. The molecule has 1 amide bonds. The number of nitriles is 1. The van der Waals surface area contributed by atoms with Crippen molar-refractivity contribution in [2.45, 2.75) is 20.3 Å². The number of rotatable bonds is 4. The molecule has 1 heterocycles. The molecule has 108 valence electrons. The van der Waals surface area contributed by atoms with E-state index in [0.717, 1.165) is 11.3 Å². The van der Waals surface area contributed by atoms with Gasteiger partial charge in [0, 0.05) is 25.5 Å². The van der Waals surface area contributed by atoms with Gasteiger partial charge in [-0.2, -0.15) is 5.26 Å². The first-order valence-corrected chi connectivity index (χ1v) is 6.92. The highest BCUT2D eigenvalue weighted by Crippen LogP contribution is 2.21. The van der Waals surface area contributed by atoms with E-state index in [0.29, 0.717) is 18.7 Å². The molecule has 0 atom stereocenters. The molecule has 0 radical (unpaired) electrons. The molecule has 0 saturated carbocycles. The SMILES string of the molecule is Cc1ccc(N(CCC#N)C(=O)c2cccn2C)cc1C. The number of carbonyl (C=O) groups is 1. The lowest BCUT2D eigenvalue weighted by Gasteiger charge is -2.23. The van der Waals surface area contributed by atoms with Crippen LogP contribution in [-0.2, 0) is 7.05 Å². The highest BCUT2D eigenvalue weighted by Gasteiger charge is 2.19. The van der Waals surface area contributed by atoms with Gasteiger partial charge < -0.3 is 9.47 Å². The van der Waals surface area contributed by atoms with Gasteiger partial charge in [0.2, 0.25) is 0 Å². The molecule has 0 aliphatic carbocycles. The third kappa shape index (κ3) is 3.14. The molecule has 0 aliphatic rings. The molecule has 0 aliphatic heterocycles. The van der Waals surface area contributed by atoms with Gasteiger partial charge >= 0.3 is 0 Å². The lowest BCUT2D eigenvalue weighted by Crippen LogP contribution is -2.33. The smallest absolute Gasteiger partial charge is 0.274 e. The summed E-state index contributed by atoms with van der Waals surface area (Å²) >= 11 is 0. The topological polar surface area (TPSA) is 49.0 Å². The van der Waals surface area contributed by atoms with Crippen LogP contribution in [-0.4, -0.2) is 17.0 Å². The van der Waals surface area contributed by atoms with Crippen molar-refractivity contribution in [1.82, 2.24) is 4.57 Å². The molecule has 0 fully saturated rings. The van der Waals surface area contributed by atoms with Crippen LogP contribution in [0.15, 0.2) is 36.5 Å². The molecular weight excluding hydrogens is 262 g/mol. The average molecular weight is 281 g/mol. The molecule has 2 aromatic rings. The van der Waals surface area contributed by atoms with Gasteiger partial charge in [0.05, 0.1) is 12.5 Å². The highest BCUT2D eigenvalue weighted by atomic mass is 16.2. The molecule has 0 unspecified atom stereocenters. The Morgan fingerprint density at radius 2 is 2.05 bits per heavy atom. The fourth-order valence-corrected chi connectivity index (χ4v) is 2.22. The van der Waals surface area contributed by atoms with Crippen molar-refractivity contribution >= 4 is 11.6 Å². The zero-order valence-corrected chi connectivity index (χ0v) is 12.6. The van der Waals surface area contributed by atoms with Crippen LogP contribution in [0, 0.1) is 25.2 Å². The summed E-state index contributed by atoms with van der Waals surface area (Å²) in [5, 5.41) is 8.83. The van der Waals surface area contributed by atoms with Crippen LogP contribution in [0.25, 0.3) is 0 Å². The minimum atomic E-state index is -0.0824. The van der Waals surface area contributed by atoms with E-state index < -0.39 is 0 Å². The zero-order valence-electron chi connectivity index (χ0n) is 12.6. The number of hydrogen-bond acceptors (Lipinski definition) is 2. The number of carbonyl (C=O) groups excluding carboxylic acids is 1. The summed E-state index contributed by atoms with van der Waals surface area (Å²) in [5.41, 5.74) is 3.77. The van der Waals surface area contributed by atoms with Crippen LogP contribution >= 0.6 is 0 Å². The van der Waals surface area contributed by atoms with Crippen LogP contribution < -0.4 is 4.90 Å². The molecule has 4 nitrogen and oxygen atoms in total. The van der Waals surface area contributed by atoms with Gasteiger partial charge in [0.25, 0.3) is 5.91 Å². The Hall–Kier alpha value is -2.54. The van der Waals surface area contributed by atoms with Gasteiger partial charge in [-0.25, -0.2) is 0 Å². The summed E-state index contributed by atoms with van der Waals surface area (Å²) in [6.07, 6.45) is 2.15. The van der Waals surface area contributed by atoms with E-state index in [1.807, 2.05) is 51.4 Å². The second-order valence-corrected chi connectivity index (χ2v) is 5.14. The van der Waals surface area contributed by atoms with Crippen LogP contribution in [0.3, 0.4) is 0 Å². The molecule has 21 heavy (non-hydrogen) atoms. The minimum Gasteiger partial charge on any atom is -0.347 e. The van der Waals surface area contributed by atoms with Gasteiger partial charge in [-0.15, -0.1) is 0 Å². The second-order valence-electron chi connectivity index (χ2n) is 5.14. The first kappa shape index (κ1) is 14.9. The molecule has 0 saturated heterocycles. The quantitative estimate of drug-likeness (QED) is 0.864. The van der Waals surface area contributed by atoms with E-state index >= 15 is 0 Å². The Balaban J connectivity index is 2.38. The lowest BCUT2D eigenvalue weighted by atomic mass is 10.1. The normalized spacial score (nSPS) is 10.2. The first-order chi connectivity index (χ1) is 10.0. The monoisotopic (exact) mass is 281 g/mol. The number of aryl methyl sites for hydroxylation is 3. The van der Waals surface area contributed by atoms with Crippen LogP contribution in [0.5, 0.6) is 0 Å². The van der Waals surface area contributed by atoms with E-state index in [4.69, 9.17) is 5.26 Å². The van der Waals surface area contributed by atoms with Crippen LogP contribution in [0.4, 0.5) is 5.69 Å². The van der Waals surface area contributed by atoms with Crippen molar-refractivity contribution < 1.29 is 4.79 Å². The first-order valence-electron chi connectivity index (χ1n) is 6.92. The van der Waals surface area contributed by atoms with Gasteiger partial charge in [-0.1, -0.05) is 6.07 Å². The summed E-state index contributed by atoms with van der Waals surface area (Å²) in [5.74, 6) is -0.0824. The summed E-state index contributed by atoms with van der Waals surface area (Å²) in [7, 11) is 1.84. The van der Waals surface area contributed by atoms with E-state index in [1.165, 1.54) is 5.56 Å². The number of hydrogen-bond donors (Lipinski definition) is 0. The number of benzene rings is 1. The van der Waals surface area contributed by atoms with Gasteiger partial charge in [0.15, 0.2) is 0 Å². The maximum atomic E-state index is 12.7. The second kappa shape index (κ2) is 6.27. The van der Waals surface area contributed by atoms with Crippen molar-refractivity contribution in [1.29, 1.82) is 5.26 Å². The predicted octanol–water partition coefficient (Wildman–Crippen LogP) is 3.20. The van der Waals surface area contributed by atoms with Crippen molar-refractivity contribution in [3.63, 3.8) is 0 Å². The Kier molecular flexibility index (Phi) is 4.44. The van der Waals surface area contributed by atoms with Crippen molar-refractivity contribution in [3.8, 4) is 6.07 Å². The molecule has 0 spiro atoms. The maximum absolute atomic E-state index is 12.7. The summed E-state index contributed by atoms with van der Waals surface area (Å²) in [4.78, 5) is 14.4. The summed E-state index contributed by atoms with van der Waals surface area (Å²) in [6, 6.07) is 11.7. The van der Waals surface area contributed by atoms with Crippen molar-refractivity contribution in [3.05, 3.63) is 53.3 Å². The zero-order chi connectivity index (χ0) is 15.4. The Bertz CT molecular complexity index is 694. The third-order valence-electron chi connectivity index (χ3n) is 3.66. The van der Waals surface area contributed by atoms with Crippen molar-refractivity contribution in [2.24, 2.45) is 7.05 Å². The predicted molar refractivity (Wildman–Crippen MR) is 83.2 cm³/mol. The molecule has 1 aromatic carbocycles. The maximum Gasteiger partial charge on any atom is 0.274 e. The van der Waals surface area contributed by atoms with Crippen LogP contribution in [0.2, 0.25) is 0 Å². The molecule has 1 aromatic heterocycles. The highest BCUT2D eigenvalue weighted by molar-refractivity contribution is 6.05. The molecular formula is C17H19N3O. The lowest BCUT2D eigenvalue weighted by molar-refractivity contribution is 0.0979. The van der Waals surface area contributed by atoms with Crippen molar-refractivity contribution in [2.75, 3.05) is 11.4 Å². The van der Waals surface area contributed by atoms with E-state index in [-0.39, 0.29) is 5.91 Å². The molecule has 4 heteroatoms. The number of aromatic nitrogens is 1. The molecule has 0 N–H and O–H groups in total. The number of anilines is 1. The molecule has 0 bridgehead atoms. The Labute approximate surface area is 125 Å². The van der Waals surface area contributed by atoms with E-state index in [9.17, 15) is 4.79 Å². The summed E-state index contributed by atoms with van der Waals surface area (Å²) in [6.45, 7) is 4.45. The Morgan fingerprint density at radius 1 is 1.29 bits per heavy atom. The standard InChI is InChI=1S/C17H19N3O/c1-13-7-8-15(12-14(13)2)20(11-5-9-18)17(21)16-6-4-10-19(16)3/h4,6-8,10,12H,5,11H2,1-3H3. The average Bonchev–Trinajstić information content (AvgIpc) is 2.89.